The van der Waals surface area contributed by atoms with Gasteiger partial charge >= 0.3 is 0 Å². The van der Waals surface area contributed by atoms with E-state index in [1.165, 1.54) is 16.1 Å². The van der Waals surface area contributed by atoms with Crippen LogP contribution in [-0.2, 0) is 21.4 Å². The van der Waals surface area contributed by atoms with Gasteiger partial charge in [-0.25, -0.2) is 13.4 Å². The van der Waals surface area contributed by atoms with Crippen LogP contribution in [0.3, 0.4) is 0 Å². The summed E-state index contributed by atoms with van der Waals surface area (Å²) in [6, 6.07) is 23.6. The Morgan fingerprint density at radius 1 is 1.03 bits per heavy atom. The third-order valence-corrected chi connectivity index (χ3v) is 8.60. The van der Waals surface area contributed by atoms with Gasteiger partial charge in [0.25, 0.3) is 0 Å². The quantitative estimate of drug-likeness (QED) is 0.192. The van der Waals surface area contributed by atoms with E-state index in [4.69, 9.17) is 0 Å². The van der Waals surface area contributed by atoms with Gasteiger partial charge in [-0.3, -0.25) is 9.89 Å². The Morgan fingerprint density at radius 3 is 2.43 bits per heavy atom. The van der Waals surface area contributed by atoms with Crippen LogP contribution in [0.25, 0.3) is 11.4 Å². The Bertz CT molecular complexity index is 1430. The van der Waals surface area contributed by atoms with Crippen molar-refractivity contribution in [1.82, 2.24) is 24.8 Å². The second kappa shape index (κ2) is 12.5. The molecule has 0 saturated heterocycles. The first-order chi connectivity index (χ1) is 17.8. The van der Waals surface area contributed by atoms with Crippen LogP contribution in [0.1, 0.15) is 11.1 Å². The molecule has 3 aromatic carbocycles. The number of aromatic nitrogens is 3. The standard InChI is InChI=1S/C26H26BrN5O3S2/c1-19-7-13-23(14-8-19)37(34,35)32(17-20-9-11-22(27)12-10-20)18-24(33)28-15-16-36-26-29-25(30-31-26)21-5-3-2-4-6-21/h2-14H,15-18H2,1H3,(H,28,33)(H,29,30,31). The average molecular weight is 601 g/mol. The molecule has 0 aliphatic heterocycles. The highest BCUT2D eigenvalue weighted by Crippen LogP contribution is 2.21. The number of thioether (sulfide) groups is 1. The fourth-order valence-corrected chi connectivity index (χ4v) is 5.77. The number of hydrogen-bond donors (Lipinski definition) is 2. The number of sulfonamides is 1. The lowest BCUT2D eigenvalue weighted by Crippen LogP contribution is -2.40. The maximum absolute atomic E-state index is 13.4. The number of carbonyl (C=O) groups is 1. The summed E-state index contributed by atoms with van der Waals surface area (Å²) in [6.07, 6.45) is 0. The highest BCUT2D eigenvalue weighted by Gasteiger charge is 2.27. The van der Waals surface area contributed by atoms with Crippen molar-refractivity contribution >= 4 is 43.6 Å². The van der Waals surface area contributed by atoms with Gasteiger partial charge in [-0.15, -0.1) is 5.10 Å². The predicted octanol–water partition coefficient (Wildman–Crippen LogP) is 4.64. The lowest BCUT2D eigenvalue weighted by Gasteiger charge is -2.22. The van der Waals surface area contributed by atoms with Crippen molar-refractivity contribution in [3.05, 3.63) is 94.5 Å². The highest BCUT2D eigenvalue weighted by molar-refractivity contribution is 9.10. The Balaban J connectivity index is 1.36. The van der Waals surface area contributed by atoms with E-state index in [0.29, 0.717) is 23.3 Å². The third kappa shape index (κ3) is 7.51. The van der Waals surface area contributed by atoms with E-state index in [1.807, 2.05) is 61.5 Å². The molecule has 0 saturated carbocycles. The predicted molar refractivity (Wildman–Crippen MR) is 148 cm³/mol. The zero-order chi connectivity index (χ0) is 26.3. The Kier molecular flexibility index (Phi) is 9.14. The minimum Gasteiger partial charge on any atom is -0.354 e. The van der Waals surface area contributed by atoms with E-state index in [9.17, 15) is 13.2 Å². The molecule has 0 spiro atoms. The monoisotopic (exact) mass is 599 g/mol. The molecule has 37 heavy (non-hydrogen) atoms. The van der Waals surface area contributed by atoms with E-state index in [2.05, 4.69) is 36.4 Å². The van der Waals surface area contributed by atoms with Crippen molar-refractivity contribution < 1.29 is 13.2 Å². The molecule has 1 amide bonds. The van der Waals surface area contributed by atoms with Gasteiger partial charge in [0.15, 0.2) is 5.82 Å². The molecule has 1 heterocycles. The number of nitrogens with zero attached hydrogens (tertiary/aromatic N) is 3. The molecule has 0 fully saturated rings. The molecule has 4 rings (SSSR count). The van der Waals surface area contributed by atoms with Crippen molar-refractivity contribution in [2.75, 3.05) is 18.8 Å². The molecule has 2 N–H and O–H groups in total. The van der Waals surface area contributed by atoms with Crippen molar-refractivity contribution in [3.8, 4) is 11.4 Å². The molecule has 8 nitrogen and oxygen atoms in total. The summed E-state index contributed by atoms with van der Waals surface area (Å²) in [5.74, 6) is 0.834. The number of nitrogens with one attached hydrogen (secondary N) is 2. The summed E-state index contributed by atoms with van der Waals surface area (Å²) in [6.45, 7) is 2.01. The summed E-state index contributed by atoms with van der Waals surface area (Å²) < 4.78 is 28.9. The van der Waals surface area contributed by atoms with Gasteiger partial charge in [-0.1, -0.05) is 87.9 Å². The number of halogens is 1. The molecule has 11 heteroatoms. The summed E-state index contributed by atoms with van der Waals surface area (Å²) in [7, 11) is -3.89. The first kappa shape index (κ1) is 27.1. The molecular weight excluding hydrogens is 574 g/mol. The largest absolute Gasteiger partial charge is 0.354 e. The van der Waals surface area contributed by atoms with Crippen LogP contribution in [0.4, 0.5) is 0 Å². The molecule has 0 aliphatic carbocycles. The van der Waals surface area contributed by atoms with Crippen LogP contribution >= 0.6 is 27.7 Å². The zero-order valence-electron chi connectivity index (χ0n) is 20.1. The molecule has 1 aromatic heterocycles. The first-order valence-corrected chi connectivity index (χ1v) is 14.7. The van der Waals surface area contributed by atoms with Gasteiger partial charge < -0.3 is 5.32 Å². The molecule has 0 unspecified atom stereocenters. The number of H-pyrrole nitrogens is 1. The molecular formula is C26H26BrN5O3S2. The van der Waals surface area contributed by atoms with Crippen molar-refractivity contribution in [1.29, 1.82) is 0 Å². The number of aryl methyl sites for hydroxylation is 1. The second-order valence-electron chi connectivity index (χ2n) is 8.24. The molecule has 0 radical (unpaired) electrons. The fraction of sp³-hybridized carbons (Fsp3) is 0.192. The number of aromatic amines is 1. The smallest absolute Gasteiger partial charge is 0.243 e. The summed E-state index contributed by atoms with van der Waals surface area (Å²) in [4.78, 5) is 17.4. The number of benzene rings is 3. The fourth-order valence-electron chi connectivity index (χ4n) is 3.46. The molecule has 4 aromatic rings. The number of carbonyl (C=O) groups excluding carboxylic acids is 1. The third-order valence-electron chi connectivity index (χ3n) is 5.42. The molecule has 0 aliphatic rings. The maximum Gasteiger partial charge on any atom is 0.243 e. The van der Waals surface area contributed by atoms with Gasteiger partial charge in [0.1, 0.15) is 0 Å². The van der Waals surface area contributed by atoms with Crippen LogP contribution in [0, 0.1) is 6.92 Å². The maximum atomic E-state index is 13.4. The van der Waals surface area contributed by atoms with Gasteiger partial charge in [0, 0.05) is 28.9 Å². The second-order valence-corrected chi connectivity index (χ2v) is 12.2. The van der Waals surface area contributed by atoms with E-state index >= 15 is 0 Å². The zero-order valence-corrected chi connectivity index (χ0v) is 23.3. The lowest BCUT2D eigenvalue weighted by atomic mass is 10.2. The van der Waals surface area contributed by atoms with Crippen molar-refractivity contribution in [3.63, 3.8) is 0 Å². The van der Waals surface area contributed by atoms with Gasteiger partial charge in [-0.05, 0) is 36.8 Å². The van der Waals surface area contributed by atoms with E-state index in [0.717, 1.165) is 21.2 Å². The van der Waals surface area contributed by atoms with E-state index in [-0.39, 0.29) is 23.9 Å². The van der Waals surface area contributed by atoms with E-state index in [1.54, 1.807) is 24.3 Å². The average Bonchev–Trinajstić information content (AvgIpc) is 3.37. The summed E-state index contributed by atoms with van der Waals surface area (Å²) >= 11 is 4.79. The summed E-state index contributed by atoms with van der Waals surface area (Å²) in [5, 5.41) is 10.5. The topological polar surface area (TPSA) is 108 Å². The van der Waals surface area contributed by atoms with Crippen LogP contribution in [0.15, 0.2) is 93.4 Å². The van der Waals surface area contributed by atoms with Crippen LogP contribution in [0.5, 0.6) is 0 Å². The number of amides is 1. The number of hydrogen-bond acceptors (Lipinski definition) is 6. The van der Waals surface area contributed by atoms with Crippen LogP contribution in [0.2, 0.25) is 0 Å². The molecule has 0 bridgehead atoms. The van der Waals surface area contributed by atoms with Gasteiger partial charge in [-0.2, -0.15) is 4.31 Å². The van der Waals surface area contributed by atoms with Crippen molar-refractivity contribution in [2.45, 2.75) is 23.5 Å². The molecule has 192 valence electrons. The Labute approximate surface area is 229 Å². The van der Waals surface area contributed by atoms with Crippen LogP contribution < -0.4 is 5.32 Å². The first-order valence-electron chi connectivity index (χ1n) is 11.5. The van der Waals surface area contributed by atoms with Crippen molar-refractivity contribution in [2.24, 2.45) is 0 Å². The Hall–Kier alpha value is -2.99. The number of rotatable bonds is 11. The minimum atomic E-state index is -3.89. The SMILES string of the molecule is Cc1ccc(S(=O)(=O)N(CC(=O)NCCSc2n[nH]c(-c3ccccc3)n2)Cc2ccc(Br)cc2)cc1. The molecule has 0 atom stereocenters. The van der Waals surface area contributed by atoms with Gasteiger partial charge in [0.2, 0.25) is 21.1 Å². The minimum absolute atomic E-state index is 0.0745. The van der Waals surface area contributed by atoms with Gasteiger partial charge in [0.05, 0.1) is 11.4 Å². The van der Waals surface area contributed by atoms with E-state index < -0.39 is 10.0 Å². The van der Waals surface area contributed by atoms with Crippen LogP contribution in [-0.4, -0.2) is 52.7 Å². The highest BCUT2D eigenvalue weighted by atomic mass is 79.9. The summed E-state index contributed by atoms with van der Waals surface area (Å²) in [5.41, 5.74) is 2.67. The Morgan fingerprint density at radius 2 is 1.73 bits per heavy atom. The normalized spacial score (nSPS) is 11.5. The lowest BCUT2D eigenvalue weighted by molar-refractivity contribution is -0.121.